The molecular formula is C11H8BNO5. The number of benzene rings is 1. The molecule has 18 heavy (non-hydrogen) atoms. The Morgan fingerprint density at radius 2 is 2.11 bits per heavy atom. The van der Waals surface area contributed by atoms with Crippen molar-refractivity contribution in [1.82, 2.24) is 0 Å². The number of nitrogens with zero attached hydrogens (tertiary/aromatic N) is 1. The molecule has 1 N–H and O–H groups in total. The topological polar surface area (TPSA) is 93.0 Å². The van der Waals surface area contributed by atoms with Gasteiger partial charge in [-0.3, -0.25) is 4.79 Å². The average Bonchev–Trinajstić information content (AvgIpc) is 2.34. The van der Waals surface area contributed by atoms with Crippen LogP contribution < -0.4 is 5.46 Å². The molecule has 0 aromatic heterocycles. The van der Waals surface area contributed by atoms with Crippen LogP contribution in [0.15, 0.2) is 35.1 Å². The first-order valence-corrected chi connectivity index (χ1v) is 4.75. The van der Waals surface area contributed by atoms with Gasteiger partial charge in [-0.15, -0.1) is 4.91 Å². The molecule has 0 fully saturated rings. The summed E-state index contributed by atoms with van der Waals surface area (Å²) < 4.78 is 4.26. The summed E-state index contributed by atoms with van der Waals surface area (Å²) in [7, 11) is 6.57. The molecule has 1 aromatic carbocycles. The van der Waals surface area contributed by atoms with Crippen LogP contribution >= 0.6 is 0 Å². The number of ketones is 1. The van der Waals surface area contributed by atoms with Crippen molar-refractivity contribution in [3.63, 3.8) is 0 Å². The maximum absolute atomic E-state index is 11.7. The van der Waals surface area contributed by atoms with Crippen molar-refractivity contribution in [2.45, 2.75) is 0 Å². The maximum Gasteiger partial charge on any atom is 0.360 e. The second kappa shape index (κ2) is 5.76. The van der Waals surface area contributed by atoms with Gasteiger partial charge in [0.1, 0.15) is 13.6 Å². The van der Waals surface area contributed by atoms with Crippen LogP contribution in [-0.4, -0.2) is 31.8 Å². The monoisotopic (exact) mass is 245 g/mol. The number of methoxy groups -OCH3 is 1. The summed E-state index contributed by atoms with van der Waals surface area (Å²) in [5.74, 6) is -1.81. The molecule has 0 unspecified atom stereocenters. The number of hydrogen-bond donors (Lipinski definition) is 1. The van der Waals surface area contributed by atoms with Crippen LogP contribution in [0.5, 0.6) is 5.75 Å². The Morgan fingerprint density at radius 3 is 2.61 bits per heavy atom. The predicted octanol–water partition coefficient (Wildman–Crippen LogP) is 0.192. The van der Waals surface area contributed by atoms with E-state index in [1.807, 2.05) is 0 Å². The van der Waals surface area contributed by atoms with Crippen LogP contribution in [0.2, 0.25) is 0 Å². The van der Waals surface area contributed by atoms with Crippen LogP contribution in [0.4, 0.5) is 0 Å². The number of phenolic OH excluding ortho intramolecular Hbond substituents is 1. The summed E-state index contributed by atoms with van der Waals surface area (Å²) in [5, 5.41) is 11.5. The molecule has 2 radical (unpaired) electrons. The van der Waals surface area contributed by atoms with Crippen LogP contribution in [0, 0.1) is 4.91 Å². The van der Waals surface area contributed by atoms with Crippen molar-refractivity contribution in [3.05, 3.63) is 40.4 Å². The van der Waals surface area contributed by atoms with Gasteiger partial charge in [-0.1, -0.05) is 5.46 Å². The Kier molecular flexibility index (Phi) is 4.36. The zero-order chi connectivity index (χ0) is 13.7. The van der Waals surface area contributed by atoms with E-state index in [4.69, 9.17) is 13.0 Å². The van der Waals surface area contributed by atoms with E-state index >= 15 is 0 Å². The van der Waals surface area contributed by atoms with Crippen molar-refractivity contribution in [2.24, 2.45) is 5.18 Å². The minimum absolute atomic E-state index is 0.0198. The number of phenols is 1. The highest BCUT2D eigenvalue weighted by Gasteiger charge is 2.14. The highest BCUT2D eigenvalue weighted by molar-refractivity contribution is 6.37. The molecule has 0 aliphatic heterocycles. The fraction of sp³-hybridized carbons (Fsp3) is 0.0909. The van der Waals surface area contributed by atoms with Gasteiger partial charge in [0, 0.05) is 11.6 Å². The molecule has 6 nitrogen and oxygen atoms in total. The highest BCUT2D eigenvalue weighted by Crippen LogP contribution is 2.09. The molecule has 0 aliphatic rings. The van der Waals surface area contributed by atoms with Gasteiger partial charge in [-0.05, 0) is 23.4 Å². The van der Waals surface area contributed by atoms with Gasteiger partial charge in [0.2, 0.25) is 0 Å². The minimum atomic E-state index is -1.02. The van der Waals surface area contributed by atoms with E-state index in [0.717, 1.165) is 13.2 Å². The molecule has 0 atom stereocenters. The third kappa shape index (κ3) is 3.03. The van der Waals surface area contributed by atoms with Crippen LogP contribution in [-0.2, 0) is 9.53 Å². The predicted molar refractivity (Wildman–Crippen MR) is 63.7 cm³/mol. The summed E-state index contributed by atoms with van der Waals surface area (Å²) in [5.41, 5.74) is -0.598. The van der Waals surface area contributed by atoms with Gasteiger partial charge in [0.05, 0.1) is 7.11 Å². The first-order chi connectivity index (χ1) is 8.49. The number of hydrogen-bond acceptors (Lipinski definition) is 6. The number of carbonyl (C=O) groups is 2. The van der Waals surface area contributed by atoms with Gasteiger partial charge in [0.25, 0.3) is 0 Å². The minimum Gasteiger partial charge on any atom is -0.508 e. The zero-order valence-corrected chi connectivity index (χ0v) is 9.41. The number of carbonyl (C=O) groups excluding carboxylic acids is 2. The molecule has 0 saturated heterocycles. The Hall–Kier alpha value is -2.44. The number of rotatable bonds is 4. The normalized spacial score (nSPS) is 10.8. The summed E-state index contributed by atoms with van der Waals surface area (Å²) in [6.45, 7) is 0. The lowest BCUT2D eigenvalue weighted by atomic mass is 9.88. The standard InChI is InChI=1S/C11H8BNO5/c1-18-11(16)9(13-17)5-10(15)7-3-2-6(14)4-8(7)12/h2-5,14H,1H3. The Labute approximate surface area is 104 Å². The van der Waals surface area contributed by atoms with E-state index in [1.165, 1.54) is 18.2 Å². The van der Waals surface area contributed by atoms with Crippen molar-refractivity contribution in [1.29, 1.82) is 0 Å². The Bertz CT molecular complexity index is 538. The molecule has 1 rings (SSSR count). The van der Waals surface area contributed by atoms with Gasteiger partial charge >= 0.3 is 5.97 Å². The lowest BCUT2D eigenvalue weighted by Gasteiger charge is -2.03. The van der Waals surface area contributed by atoms with Gasteiger partial charge in [-0.25, -0.2) is 4.79 Å². The van der Waals surface area contributed by atoms with Crippen LogP contribution in [0.3, 0.4) is 0 Å². The summed E-state index contributed by atoms with van der Waals surface area (Å²) in [6, 6.07) is 3.69. The lowest BCUT2D eigenvalue weighted by Crippen LogP contribution is -2.15. The first-order valence-electron chi connectivity index (χ1n) is 4.75. The Balaban J connectivity index is 3.11. The number of esters is 1. The van der Waals surface area contributed by atoms with Crippen LogP contribution in [0.25, 0.3) is 0 Å². The van der Waals surface area contributed by atoms with Crippen LogP contribution in [0.1, 0.15) is 10.4 Å². The van der Waals surface area contributed by atoms with Gasteiger partial charge < -0.3 is 9.84 Å². The van der Waals surface area contributed by atoms with Crippen molar-refractivity contribution >= 4 is 25.1 Å². The maximum atomic E-state index is 11.7. The molecule has 0 bridgehead atoms. The molecule has 0 aliphatic carbocycles. The first kappa shape index (κ1) is 13.6. The average molecular weight is 245 g/mol. The second-order valence-electron chi connectivity index (χ2n) is 3.25. The fourth-order valence-corrected chi connectivity index (χ4v) is 1.20. The fourth-order valence-electron chi connectivity index (χ4n) is 1.20. The summed E-state index contributed by atoms with van der Waals surface area (Å²) >= 11 is 0. The van der Waals surface area contributed by atoms with E-state index in [1.54, 1.807) is 0 Å². The third-order valence-electron chi connectivity index (χ3n) is 2.06. The molecule has 0 saturated carbocycles. The summed E-state index contributed by atoms with van der Waals surface area (Å²) in [4.78, 5) is 33.1. The second-order valence-corrected chi connectivity index (χ2v) is 3.25. The lowest BCUT2D eigenvalue weighted by molar-refractivity contribution is -0.136. The van der Waals surface area contributed by atoms with Crippen molar-refractivity contribution < 1.29 is 19.4 Å². The third-order valence-corrected chi connectivity index (χ3v) is 2.06. The van der Waals surface area contributed by atoms with Crippen molar-refractivity contribution in [3.8, 4) is 5.75 Å². The molecule has 0 amide bonds. The van der Waals surface area contributed by atoms with E-state index in [-0.39, 0.29) is 16.8 Å². The highest BCUT2D eigenvalue weighted by atomic mass is 16.5. The van der Waals surface area contributed by atoms with Gasteiger partial charge in [0.15, 0.2) is 11.5 Å². The molecule has 7 heteroatoms. The van der Waals surface area contributed by atoms with E-state index < -0.39 is 17.4 Å². The molecule has 0 spiro atoms. The SMILES string of the molecule is [B]c1cc(O)ccc1C(=O)C=C(N=O)C(=O)OC. The van der Waals surface area contributed by atoms with Crippen molar-refractivity contribution in [2.75, 3.05) is 7.11 Å². The zero-order valence-electron chi connectivity index (χ0n) is 9.41. The molecule has 90 valence electrons. The number of ether oxygens (including phenoxy) is 1. The Morgan fingerprint density at radius 1 is 1.44 bits per heavy atom. The molecular weight excluding hydrogens is 237 g/mol. The van der Waals surface area contributed by atoms with Gasteiger partial charge in [-0.2, -0.15) is 0 Å². The molecule has 0 heterocycles. The number of aromatic hydroxyl groups is 1. The summed E-state index contributed by atoms with van der Waals surface area (Å²) in [6.07, 6.45) is 0.724. The quantitative estimate of drug-likeness (QED) is 0.268. The number of nitroso groups, excluding NO2 is 1. The number of allylic oxidation sites excluding steroid dienone is 1. The van der Waals surface area contributed by atoms with E-state index in [9.17, 15) is 14.5 Å². The largest absolute Gasteiger partial charge is 0.508 e. The smallest absolute Gasteiger partial charge is 0.360 e. The van der Waals surface area contributed by atoms with E-state index in [2.05, 4.69) is 9.91 Å². The molecule has 1 aromatic rings. The van der Waals surface area contributed by atoms with E-state index in [0.29, 0.717) is 0 Å².